The molecule has 0 N–H and O–H groups in total. The van der Waals surface area contributed by atoms with E-state index in [0.29, 0.717) is 23.7 Å². The summed E-state index contributed by atoms with van der Waals surface area (Å²) in [5.74, 6) is 3.52. The van der Waals surface area contributed by atoms with Gasteiger partial charge in [-0.2, -0.15) is 0 Å². The third-order valence-electron chi connectivity index (χ3n) is 13.1. The second-order valence-corrected chi connectivity index (χ2v) is 17.8. The molecule has 0 aromatic heterocycles. The van der Waals surface area contributed by atoms with Crippen LogP contribution in [0.25, 0.3) is 0 Å². The lowest BCUT2D eigenvalue weighted by atomic mass is 9.85. The molecule has 57 heavy (non-hydrogen) atoms. The first-order valence-corrected chi connectivity index (χ1v) is 23.8. The quantitative estimate of drug-likeness (QED) is 0.119. The third kappa shape index (κ3) is 13.9. The third-order valence-corrected chi connectivity index (χ3v) is 13.1. The maximum Gasteiger partial charge on any atom is 0.230 e. The van der Waals surface area contributed by atoms with Crippen LogP contribution in [0.3, 0.4) is 0 Å². The summed E-state index contributed by atoms with van der Waals surface area (Å²) in [6, 6.07) is 10.1. The largest absolute Gasteiger partial charge is 0.457 e. The van der Waals surface area contributed by atoms with E-state index in [1.165, 1.54) is 99.3 Å². The lowest BCUT2D eigenvalue weighted by Crippen LogP contribution is -2.27. The summed E-state index contributed by atoms with van der Waals surface area (Å²) in [7, 11) is 0. The van der Waals surface area contributed by atoms with Crippen LogP contribution in [0.2, 0.25) is 0 Å². The van der Waals surface area contributed by atoms with Gasteiger partial charge in [0, 0.05) is 23.6 Å². The Bertz CT molecular complexity index is 1480. The fourth-order valence-corrected chi connectivity index (χ4v) is 9.25. The maximum atomic E-state index is 6.85. The molecule has 6 heteroatoms. The number of fused-ring (bicyclic) bond motifs is 3. The Balaban J connectivity index is 1.79. The van der Waals surface area contributed by atoms with Gasteiger partial charge >= 0.3 is 0 Å². The molecule has 4 rings (SSSR count). The zero-order chi connectivity index (χ0) is 41.2. The van der Waals surface area contributed by atoms with Gasteiger partial charge in [0.1, 0.15) is 11.5 Å². The van der Waals surface area contributed by atoms with Crippen molar-refractivity contribution in [2.24, 2.45) is 9.98 Å². The number of rotatable bonds is 22. The van der Waals surface area contributed by atoms with Crippen LogP contribution in [-0.4, -0.2) is 80.4 Å². The Labute approximate surface area is 350 Å². The molecule has 2 aromatic carbocycles. The van der Waals surface area contributed by atoms with Gasteiger partial charge < -0.3 is 19.3 Å². The highest BCUT2D eigenvalue weighted by atomic mass is 16.7. The Morgan fingerprint density at radius 3 is 1.30 bits per heavy atom. The van der Waals surface area contributed by atoms with E-state index >= 15 is 0 Å². The number of nitrogens with zero attached hydrogens (tertiary/aromatic N) is 4. The summed E-state index contributed by atoms with van der Waals surface area (Å²) in [5.41, 5.74) is 7.60. The number of benzene rings is 2. The van der Waals surface area contributed by atoms with Crippen molar-refractivity contribution in [3.63, 3.8) is 0 Å². The Morgan fingerprint density at radius 1 is 0.561 bits per heavy atom. The average Bonchev–Trinajstić information content (AvgIpc) is 3.23. The summed E-state index contributed by atoms with van der Waals surface area (Å²) in [5, 5.41) is 0. The molecule has 1 aliphatic carbocycles. The second-order valence-electron chi connectivity index (χ2n) is 17.8. The molecule has 2 atom stereocenters. The minimum Gasteiger partial charge on any atom is -0.457 e. The molecular formula is C51H84N4O2. The Hall–Kier alpha value is -2.70. The number of hydrogen-bond acceptors (Lipinski definition) is 6. The summed E-state index contributed by atoms with van der Waals surface area (Å²) >= 11 is 0. The zero-order valence-electron chi connectivity index (χ0n) is 38.4. The lowest BCUT2D eigenvalue weighted by Gasteiger charge is -2.26. The number of hydrogen-bond donors (Lipinski definition) is 0. The molecular weight excluding hydrogens is 701 g/mol. The van der Waals surface area contributed by atoms with Crippen LogP contribution >= 0.6 is 0 Å². The molecule has 320 valence electrons. The molecule has 6 nitrogen and oxygen atoms in total. The second kappa shape index (κ2) is 25.0. The highest BCUT2D eigenvalue weighted by Gasteiger charge is 2.26. The van der Waals surface area contributed by atoms with E-state index in [0.717, 1.165) is 74.7 Å². The van der Waals surface area contributed by atoms with Crippen molar-refractivity contribution in [2.45, 2.75) is 195 Å². The molecule has 2 aliphatic rings. The van der Waals surface area contributed by atoms with Crippen molar-refractivity contribution in [1.29, 1.82) is 0 Å². The minimum absolute atomic E-state index is 0.152. The van der Waals surface area contributed by atoms with Crippen LogP contribution in [0.15, 0.2) is 34.3 Å². The van der Waals surface area contributed by atoms with Crippen molar-refractivity contribution < 1.29 is 9.47 Å². The van der Waals surface area contributed by atoms with Crippen LogP contribution in [0.1, 0.15) is 216 Å². The lowest BCUT2D eigenvalue weighted by molar-refractivity contribution is 0.117. The summed E-state index contributed by atoms with van der Waals surface area (Å²) in [6.07, 6.45) is 21.1. The van der Waals surface area contributed by atoms with E-state index in [4.69, 9.17) is 19.5 Å². The van der Waals surface area contributed by atoms with Crippen LogP contribution in [0.5, 0.6) is 11.5 Å². The van der Waals surface area contributed by atoms with Gasteiger partial charge in [-0.1, -0.05) is 120 Å². The first kappa shape index (κ1) is 47.0. The molecule has 1 aliphatic heterocycles. The summed E-state index contributed by atoms with van der Waals surface area (Å²) in [4.78, 5) is 15.9. The van der Waals surface area contributed by atoms with Crippen molar-refractivity contribution in [3.05, 3.63) is 57.6 Å². The molecule has 0 spiro atoms. The Kier molecular flexibility index (Phi) is 20.6. The maximum absolute atomic E-state index is 6.85. The van der Waals surface area contributed by atoms with Crippen LogP contribution < -0.4 is 9.47 Å². The van der Waals surface area contributed by atoms with Gasteiger partial charge in [-0.05, 0) is 149 Å². The van der Waals surface area contributed by atoms with Gasteiger partial charge in [0.2, 0.25) is 6.79 Å². The molecule has 1 fully saturated rings. The highest BCUT2D eigenvalue weighted by Crippen LogP contribution is 2.40. The smallest absolute Gasteiger partial charge is 0.230 e. The van der Waals surface area contributed by atoms with E-state index < -0.39 is 0 Å². The number of ether oxygens (including phenoxy) is 2. The van der Waals surface area contributed by atoms with Crippen LogP contribution in [-0.2, 0) is 0 Å². The molecule has 2 aromatic rings. The molecule has 0 saturated heterocycles. The summed E-state index contributed by atoms with van der Waals surface area (Å²) in [6.45, 7) is 29.9. The fraction of sp³-hybridized carbons (Fsp3) is 0.725. The van der Waals surface area contributed by atoms with Crippen molar-refractivity contribution in [1.82, 2.24) is 9.80 Å². The first-order chi connectivity index (χ1) is 27.7. The Morgan fingerprint density at radius 2 is 0.947 bits per heavy atom. The van der Waals surface area contributed by atoms with E-state index in [2.05, 4.69) is 116 Å². The van der Waals surface area contributed by atoms with Gasteiger partial charge in [0.05, 0.1) is 12.1 Å². The van der Waals surface area contributed by atoms with Crippen molar-refractivity contribution in [3.8, 4) is 11.5 Å². The van der Waals surface area contributed by atoms with Gasteiger partial charge in [0.15, 0.2) is 0 Å². The minimum atomic E-state index is 0.152. The van der Waals surface area contributed by atoms with Gasteiger partial charge in [-0.25, -0.2) is 0 Å². The first-order valence-electron chi connectivity index (χ1n) is 23.8. The normalized spacial score (nSPS) is 17.4. The predicted molar refractivity (Wildman–Crippen MR) is 247 cm³/mol. The standard InChI is InChI=1S/C51H84N4O2/c1-11-17-23-40(24-18-12-2)42-31-44-35-52-48-27-19-20-28-49(48)53-36-45-32-43(41(25-21-29-54(13-3)14-4)26-22-30-55(15-5)16-6)34-47(39(9)10)51(45)57-37-56-50(44)46(33-42)38(7)8/h31-36,38-41,48-49H,11-30,37H2,1-10H3. The van der Waals surface area contributed by atoms with Gasteiger partial charge in [-0.15, -0.1) is 0 Å². The van der Waals surface area contributed by atoms with Crippen LogP contribution in [0, 0.1) is 0 Å². The van der Waals surface area contributed by atoms with E-state index in [1.807, 2.05) is 0 Å². The van der Waals surface area contributed by atoms with Crippen molar-refractivity contribution in [2.75, 3.05) is 46.1 Å². The predicted octanol–water partition coefficient (Wildman–Crippen LogP) is 13.3. The SMILES string of the molecule is CCCCC(CCCC)c1cc2c(c(C(C)C)c1)OCOc1c(cc(C(CCCN(CC)CC)CCCN(CC)CC)cc1C(C)C)C=NC1CCCCC1N=C2. The molecule has 1 heterocycles. The molecule has 0 amide bonds. The van der Waals surface area contributed by atoms with E-state index in [9.17, 15) is 0 Å². The van der Waals surface area contributed by atoms with E-state index in [1.54, 1.807) is 0 Å². The molecule has 0 bridgehead atoms. The molecule has 1 saturated carbocycles. The monoisotopic (exact) mass is 785 g/mol. The molecule has 0 radical (unpaired) electrons. The summed E-state index contributed by atoms with van der Waals surface area (Å²) < 4.78 is 13.7. The fourth-order valence-electron chi connectivity index (χ4n) is 9.25. The number of unbranched alkanes of at least 4 members (excludes halogenated alkanes) is 2. The average molecular weight is 785 g/mol. The highest BCUT2D eigenvalue weighted by molar-refractivity contribution is 5.86. The molecule has 2 unspecified atom stereocenters. The number of aliphatic imine (C=N–C) groups is 2. The zero-order valence-corrected chi connectivity index (χ0v) is 38.4. The van der Waals surface area contributed by atoms with Gasteiger partial charge in [-0.3, -0.25) is 9.98 Å². The van der Waals surface area contributed by atoms with Crippen molar-refractivity contribution >= 4 is 12.4 Å². The van der Waals surface area contributed by atoms with Gasteiger partial charge in [0.25, 0.3) is 0 Å². The topological polar surface area (TPSA) is 49.7 Å². The van der Waals surface area contributed by atoms with Crippen LogP contribution in [0.4, 0.5) is 0 Å². The van der Waals surface area contributed by atoms with E-state index in [-0.39, 0.29) is 18.9 Å².